The second-order valence-electron chi connectivity index (χ2n) is 12.7. The number of aryl methyl sites for hydroxylation is 1. The number of alkyl carbamates (subject to hydrolysis) is 1. The van der Waals surface area contributed by atoms with Gasteiger partial charge in [-0.3, -0.25) is 14.9 Å². The summed E-state index contributed by atoms with van der Waals surface area (Å²) in [5.41, 5.74) is -0.0649. The van der Waals surface area contributed by atoms with Crippen molar-refractivity contribution in [1.29, 1.82) is 0 Å². The molecule has 0 aliphatic carbocycles. The van der Waals surface area contributed by atoms with E-state index in [0.29, 0.717) is 36.9 Å². The first-order valence-electron chi connectivity index (χ1n) is 16.8. The third-order valence-corrected chi connectivity index (χ3v) is 11.2. The molecular weight excluding hydrogens is 683 g/mol. The number of hydrogen-bond donors (Lipinski definition) is 3. The van der Waals surface area contributed by atoms with E-state index >= 15 is 4.39 Å². The molecule has 1 fully saturated rings. The van der Waals surface area contributed by atoms with Crippen molar-refractivity contribution < 1.29 is 42.3 Å². The summed E-state index contributed by atoms with van der Waals surface area (Å²) in [5.74, 6) is -1.56. The number of ether oxygens (including phenoxy) is 1. The van der Waals surface area contributed by atoms with Crippen LogP contribution in [0, 0.1) is 21.8 Å². The molecule has 1 aliphatic heterocycles. The lowest BCUT2D eigenvalue weighted by atomic mass is 9.72. The molecule has 15 heteroatoms. The highest BCUT2D eigenvalue weighted by Crippen LogP contribution is 2.44. The van der Waals surface area contributed by atoms with E-state index in [1.165, 1.54) is 43.3 Å². The topological polar surface area (TPSA) is 180 Å². The predicted octanol–water partition coefficient (Wildman–Crippen LogP) is 4.60. The molecule has 1 saturated heterocycles. The van der Waals surface area contributed by atoms with Crippen LogP contribution in [0.15, 0.2) is 71.6 Å². The van der Waals surface area contributed by atoms with Crippen LogP contribution in [0.2, 0.25) is 0 Å². The van der Waals surface area contributed by atoms with E-state index in [0.717, 1.165) is 28.4 Å². The Bertz CT molecular complexity index is 1830. The number of piperidine rings is 1. The van der Waals surface area contributed by atoms with Gasteiger partial charge >= 0.3 is 6.09 Å². The zero-order valence-electron chi connectivity index (χ0n) is 29.0. The van der Waals surface area contributed by atoms with Gasteiger partial charge in [-0.05, 0) is 60.9 Å². The SMILES string of the molecule is CCc1cccc(-c2c(F)cccc2C(O)(CCCNC(=O)OC)[C@@H]2CCCN(C(=O)CC(O)CN(C)S(=O)(=O)c3ccccc3[N+](=O)[O-])C2)c1. The Morgan fingerprint density at radius 3 is 2.61 bits per heavy atom. The van der Waals surface area contributed by atoms with Crippen molar-refractivity contribution in [1.82, 2.24) is 14.5 Å². The van der Waals surface area contributed by atoms with Gasteiger partial charge in [-0.15, -0.1) is 0 Å². The van der Waals surface area contributed by atoms with Crippen LogP contribution in [0.25, 0.3) is 11.1 Å². The number of aliphatic hydroxyl groups excluding tert-OH is 1. The van der Waals surface area contributed by atoms with Crippen molar-refractivity contribution in [2.75, 3.05) is 40.3 Å². The fourth-order valence-corrected chi connectivity index (χ4v) is 8.04. The molecule has 3 N–H and O–H groups in total. The molecule has 1 aliphatic rings. The lowest BCUT2D eigenvalue weighted by molar-refractivity contribution is -0.387. The molecule has 0 bridgehead atoms. The summed E-state index contributed by atoms with van der Waals surface area (Å²) in [6, 6.07) is 16.9. The summed E-state index contributed by atoms with van der Waals surface area (Å²) in [7, 11) is -1.97. The third kappa shape index (κ3) is 9.27. The molecule has 0 spiro atoms. The summed E-state index contributed by atoms with van der Waals surface area (Å²) < 4.78 is 47.5. The molecule has 0 radical (unpaired) electrons. The highest BCUT2D eigenvalue weighted by Gasteiger charge is 2.43. The maximum absolute atomic E-state index is 15.8. The number of likely N-dealkylation sites (tertiary alicyclic amines) is 1. The number of benzene rings is 3. The van der Waals surface area contributed by atoms with Crippen molar-refractivity contribution in [3.05, 3.63) is 93.8 Å². The Hall–Kier alpha value is -4.44. The van der Waals surface area contributed by atoms with Crippen LogP contribution >= 0.6 is 0 Å². The maximum Gasteiger partial charge on any atom is 0.406 e. The van der Waals surface area contributed by atoms with Gasteiger partial charge in [0.2, 0.25) is 15.9 Å². The quantitative estimate of drug-likeness (QED) is 0.115. The number of carbonyl (C=O) groups excluding carboxylic acids is 2. The number of carbonyl (C=O) groups is 2. The molecule has 2 amide bonds. The Balaban J connectivity index is 1.57. The monoisotopic (exact) mass is 728 g/mol. The largest absolute Gasteiger partial charge is 0.453 e. The Morgan fingerprint density at radius 1 is 1.18 bits per heavy atom. The normalized spacial score (nSPS) is 16.7. The summed E-state index contributed by atoms with van der Waals surface area (Å²) in [5, 5.41) is 37.5. The van der Waals surface area contributed by atoms with E-state index < -0.39 is 73.9 Å². The average molecular weight is 729 g/mol. The van der Waals surface area contributed by atoms with Crippen molar-refractivity contribution >= 4 is 27.7 Å². The number of likely N-dealkylation sites (N-methyl/N-ethyl adjacent to an activating group) is 1. The fraction of sp³-hybridized carbons (Fsp3) is 0.444. The first-order valence-corrected chi connectivity index (χ1v) is 18.2. The number of halogens is 1. The van der Waals surface area contributed by atoms with E-state index in [4.69, 9.17) is 0 Å². The van der Waals surface area contributed by atoms with Gasteiger partial charge in [0.1, 0.15) is 5.82 Å². The van der Waals surface area contributed by atoms with E-state index in [9.17, 15) is 38.3 Å². The molecule has 0 aromatic heterocycles. The summed E-state index contributed by atoms with van der Waals surface area (Å²) >= 11 is 0. The van der Waals surface area contributed by atoms with Gasteiger partial charge in [0.15, 0.2) is 4.90 Å². The second kappa shape index (κ2) is 17.2. The number of para-hydroxylation sites is 1. The number of hydrogen-bond acceptors (Lipinski definition) is 9. The number of nitrogens with zero attached hydrogens (tertiary/aromatic N) is 3. The minimum atomic E-state index is -4.37. The van der Waals surface area contributed by atoms with Crippen LogP contribution in [-0.2, 0) is 31.6 Å². The number of aliphatic hydroxyl groups is 2. The van der Waals surface area contributed by atoms with Crippen LogP contribution in [0.3, 0.4) is 0 Å². The second-order valence-corrected chi connectivity index (χ2v) is 14.7. The fourth-order valence-electron chi connectivity index (χ4n) is 6.68. The van der Waals surface area contributed by atoms with Crippen molar-refractivity contribution in [2.45, 2.75) is 62.0 Å². The summed E-state index contributed by atoms with van der Waals surface area (Å²) in [4.78, 5) is 36.9. The number of nitro benzene ring substituents is 1. The number of sulfonamides is 1. The zero-order chi connectivity index (χ0) is 37.3. The Labute approximate surface area is 297 Å². The van der Waals surface area contributed by atoms with Crippen LogP contribution in [0.1, 0.15) is 50.2 Å². The van der Waals surface area contributed by atoms with E-state index in [-0.39, 0.29) is 25.1 Å². The smallest absolute Gasteiger partial charge is 0.406 e. The van der Waals surface area contributed by atoms with Gasteiger partial charge in [0.05, 0.1) is 30.2 Å². The molecule has 13 nitrogen and oxygen atoms in total. The first kappa shape index (κ1) is 39.3. The van der Waals surface area contributed by atoms with Crippen molar-refractivity contribution in [3.63, 3.8) is 0 Å². The predicted molar refractivity (Wildman–Crippen MR) is 188 cm³/mol. The molecule has 4 rings (SSSR count). The highest BCUT2D eigenvalue weighted by atomic mass is 32.2. The van der Waals surface area contributed by atoms with Crippen LogP contribution < -0.4 is 5.32 Å². The molecular formula is C36H45FN4O9S. The number of amides is 2. The highest BCUT2D eigenvalue weighted by molar-refractivity contribution is 7.89. The Morgan fingerprint density at radius 2 is 1.90 bits per heavy atom. The number of nitrogens with one attached hydrogen (secondary N) is 1. The average Bonchev–Trinajstić information content (AvgIpc) is 3.12. The van der Waals surface area contributed by atoms with Crippen molar-refractivity contribution in [3.8, 4) is 11.1 Å². The standard InChI is InChI=1S/C36H45FN4O9S/c1-4-25-11-7-12-26(21-25)34-29(14-8-15-30(34)37)36(45,18-10-19-38-35(44)50-3)27-13-9-20-40(23-27)33(43)22-28(42)24-39(2)51(48,49)32-17-6-5-16-31(32)41(46)47/h5-8,11-12,14-17,21,27-28,42,45H,4,9-10,13,18-20,22-24H2,1-3H3,(H,38,44)/t27-,28?,36?/m1/s1. The zero-order valence-corrected chi connectivity index (χ0v) is 29.8. The lowest BCUT2D eigenvalue weighted by Gasteiger charge is -2.44. The molecule has 0 saturated carbocycles. The summed E-state index contributed by atoms with van der Waals surface area (Å²) in [6.45, 7) is 2.05. The number of rotatable bonds is 15. The summed E-state index contributed by atoms with van der Waals surface area (Å²) in [6.07, 6.45) is -0.378. The van der Waals surface area contributed by atoms with Crippen molar-refractivity contribution in [2.24, 2.45) is 5.92 Å². The van der Waals surface area contributed by atoms with Gasteiger partial charge in [-0.1, -0.05) is 55.5 Å². The maximum atomic E-state index is 15.8. The van der Waals surface area contributed by atoms with Gasteiger partial charge in [0.25, 0.3) is 5.69 Å². The van der Waals surface area contributed by atoms with E-state index in [1.54, 1.807) is 12.1 Å². The van der Waals surface area contributed by atoms with E-state index in [1.807, 2.05) is 25.1 Å². The molecule has 3 aromatic rings. The first-order chi connectivity index (χ1) is 24.2. The molecule has 3 atom stereocenters. The van der Waals surface area contributed by atoms with Gasteiger partial charge in [0, 0.05) is 50.8 Å². The van der Waals surface area contributed by atoms with Gasteiger partial charge in [-0.2, -0.15) is 4.31 Å². The van der Waals surface area contributed by atoms with E-state index in [2.05, 4.69) is 10.1 Å². The van der Waals surface area contributed by atoms with Crippen LogP contribution in [0.5, 0.6) is 0 Å². The van der Waals surface area contributed by atoms with Gasteiger partial charge in [-0.25, -0.2) is 17.6 Å². The molecule has 3 aromatic carbocycles. The molecule has 51 heavy (non-hydrogen) atoms. The van der Waals surface area contributed by atoms with Gasteiger partial charge < -0.3 is 25.2 Å². The Kier molecular flexibility index (Phi) is 13.3. The minimum Gasteiger partial charge on any atom is -0.453 e. The number of methoxy groups -OCH3 is 1. The molecule has 1 heterocycles. The third-order valence-electron chi connectivity index (χ3n) is 9.37. The van der Waals surface area contributed by atoms with Crippen LogP contribution in [0.4, 0.5) is 14.9 Å². The number of nitro groups is 1. The molecule has 276 valence electrons. The van der Waals surface area contributed by atoms with Crippen LogP contribution in [-0.4, -0.2) is 91.2 Å². The minimum absolute atomic E-state index is 0.0712. The lowest BCUT2D eigenvalue weighted by Crippen LogP contribution is -2.49. The molecule has 2 unspecified atom stereocenters.